The fraction of sp³-hybridized carbons (Fsp3) is 0.350. The van der Waals surface area contributed by atoms with Crippen molar-refractivity contribution in [3.63, 3.8) is 0 Å². The zero-order valence-corrected chi connectivity index (χ0v) is 18.4. The van der Waals surface area contributed by atoms with Gasteiger partial charge in [-0.05, 0) is 42.4 Å². The standard InChI is InChI=1S/C20H26N4O.3ClH/c1-2-23-10-12-24(13-11-23)15-16-6-8-19(9-7-16)22-20(25)17-4-3-5-18(21)14-17;;;/h3-9,14H,2,10-13,15,21H2,1H3,(H,22,25);3*1H. The quantitative estimate of drug-likeness (QED) is 0.682. The van der Waals surface area contributed by atoms with E-state index >= 15 is 0 Å². The molecule has 0 aliphatic carbocycles. The van der Waals surface area contributed by atoms with Gasteiger partial charge in [0.15, 0.2) is 0 Å². The van der Waals surface area contributed by atoms with Gasteiger partial charge in [0.1, 0.15) is 0 Å². The number of nitrogens with one attached hydrogen (secondary N) is 1. The molecule has 0 bridgehead atoms. The summed E-state index contributed by atoms with van der Waals surface area (Å²) in [5.74, 6) is -0.143. The lowest BCUT2D eigenvalue weighted by Gasteiger charge is -2.34. The van der Waals surface area contributed by atoms with Gasteiger partial charge < -0.3 is 16.0 Å². The number of nitrogens with zero attached hydrogens (tertiary/aromatic N) is 2. The van der Waals surface area contributed by atoms with E-state index in [1.807, 2.05) is 12.1 Å². The van der Waals surface area contributed by atoms with Crippen LogP contribution in [-0.4, -0.2) is 48.4 Å². The molecule has 3 N–H and O–H groups in total. The molecular formula is C20H29Cl3N4O. The number of likely N-dealkylation sites (N-methyl/N-ethyl adjacent to an activating group) is 1. The van der Waals surface area contributed by atoms with Crippen molar-refractivity contribution < 1.29 is 4.79 Å². The number of carbonyl (C=O) groups is 1. The van der Waals surface area contributed by atoms with Crippen molar-refractivity contribution in [3.8, 4) is 0 Å². The predicted octanol–water partition coefficient (Wildman–Crippen LogP) is 3.92. The summed E-state index contributed by atoms with van der Waals surface area (Å²) in [6.45, 7) is 8.82. The Balaban J connectivity index is 0.00000243. The maximum absolute atomic E-state index is 12.2. The van der Waals surface area contributed by atoms with Gasteiger partial charge in [-0.15, -0.1) is 37.2 Å². The van der Waals surface area contributed by atoms with Crippen molar-refractivity contribution >= 4 is 54.5 Å². The van der Waals surface area contributed by atoms with Gasteiger partial charge in [0.2, 0.25) is 0 Å². The molecular weight excluding hydrogens is 419 g/mol. The van der Waals surface area contributed by atoms with Crippen LogP contribution in [0.2, 0.25) is 0 Å². The average molecular weight is 448 g/mol. The van der Waals surface area contributed by atoms with Crippen LogP contribution in [0, 0.1) is 0 Å². The van der Waals surface area contributed by atoms with Crippen molar-refractivity contribution in [2.24, 2.45) is 0 Å². The van der Waals surface area contributed by atoms with Crippen LogP contribution in [0.15, 0.2) is 48.5 Å². The van der Waals surface area contributed by atoms with E-state index in [2.05, 4.69) is 34.2 Å². The van der Waals surface area contributed by atoms with Crippen LogP contribution >= 0.6 is 37.2 Å². The van der Waals surface area contributed by atoms with Gasteiger partial charge in [-0.3, -0.25) is 9.69 Å². The number of hydrogen-bond acceptors (Lipinski definition) is 4. The molecule has 1 amide bonds. The lowest BCUT2D eigenvalue weighted by atomic mass is 10.1. The molecule has 2 aromatic carbocycles. The first kappa shape index (κ1) is 26.5. The Bertz CT molecular complexity index is 720. The van der Waals surface area contributed by atoms with E-state index in [1.54, 1.807) is 24.3 Å². The molecule has 0 aromatic heterocycles. The van der Waals surface area contributed by atoms with Gasteiger partial charge >= 0.3 is 0 Å². The van der Waals surface area contributed by atoms with Gasteiger partial charge in [-0.2, -0.15) is 0 Å². The van der Waals surface area contributed by atoms with Crippen LogP contribution in [0.5, 0.6) is 0 Å². The molecule has 28 heavy (non-hydrogen) atoms. The lowest BCUT2D eigenvalue weighted by Crippen LogP contribution is -2.45. The summed E-state index contributed by atoms with van der Waals surface area (Å²) in [6.07, 6.45) is 0. The van der Waals surface area contributed by atoms with E-state index in [4.69, 9.17) is 5.73 Å². The number of amides is 1. The van der Waals surface area contributed by atoms with E-state index in [9.17, 15) is 4.79 Å². The Labute approximate surface area is 185 Å². The molecule has 1 heterocycles. The average Bonchev–Trinajstić information content (AvgIpc) is 2.64. The van der Waals surface area contributed by atoms with Crippen molar-refractivity contribution in [3.05, 3.63) is 59.7 Å². The molecule has 8 heteroatoms. The monoisotopic (exact) mass is 446 g/mol. The van der Waals surface area contributed by atoms with Crippen molar-refractivity contribution in [1.29, 1.82) is 0 Å². The highest BCUT2D eigenvalue weighted by Gasteiger charge is 2.15. The fourth-order valence-electron chi connectivity index (χ4n) is 3.10. The van der Waals surface area contributed by atoms with Gasteiger partial charge in [0, 0.05) is 49.7 Å². The van der Waals surface area contributed by atoms with Crippen molar-refractivity contribution in [1.82, 2.24) is 9.80 Å². The molecule has 5 nitrogen and oxygen atoms in total. The Hall–Kier alpha value is -1.50. The number of piperazine rings is 1. The van der Waals surface area contributed by atoms with Crippen LogP contribution in [-0.2, 0) is 6.54 Å². The molecule has 0 radical (unpaired) electrons. The van der Waals surface area contributed by atoms with Crippen LogP contribution in [0.4, 0.5) is 11.4 Å². The summed E-state index contributed by atoms with van der Waals surface area (Å²) < 4.78 is 0. The second-order valence-electron chi connectivity index (χ2n) is 6.49. The molecule has 1 saturated heterocycles. The first-order chi connectivity index (χ1) is 12.1. The molecule has 2 aromatic rings. The molecule has 0 atom stereocenters. The van der Waals surface area contributed by atoms with Crippen LogP contribution in [0.1, 0.15) is 22.8 Å². The summed E-state index contributed by atoms with van der Waals surface area (Å²) >= 11 is 0. The summed E-state index contributed by atoms with van der Waals surface area (Å²) in [6, 6.07) is 15.1. The lowest BCUT2D eigenvalue weighted by molar-refractivity contribution is 0.102. The molecule has 0 spiro atoms. The normalized spacial score (nSPS) is 14.2. The number of nitrogen functional groups attached to an aromatic ring is 1. The Morgan fingerprint density at radius 3 is 2.14 bits per heavy atom. The highest BCUT2D eigenvalue weighted by Crippen LogP contribution is 2.15. The molecule has 0 unspecified atom stereocenters. The Morgan fingerprint density at radius 2 is 1.57 bits per heavy atom. The minimum Gasteiger partial charge on any atom is -0.399 e. The first-order valence-electron chi connectivity index (χ1n) is 8.84. The van der Waals surface area contributed by atoms with Gasteiger partial charge in [0.05, 0.1) is 0 Å². The maximum Gasteiger partial charge on any atom is 0.255 e. The largest absolute Gasteiger partial charge is 0.399 e. The second kappa shape index (κ2) is 12.9. The third kappa shape index (κ3) is 7.49. The summed E-state index contributed by atoms with van der Waals surface area (Å²) in [5.41, 5.74) is 8.95. The van der Waals surface area contributed by atoms with Crippen LogP contribution in [0.25, 0.3) is 0 Å². The van der Waals surface area contributed by atoms with Crippen LogP contribution in [0.3, 0.4) is 0 Å². The summed E-state index contributed by atoms with van der Waals surface area (Å²) in [7, 11) is 0. The fourth-order valence-corrected chi connectivity index (χ4v) is 3.10. The SMILES string of the molecule is CCN1CCN(Cc2ccc(NC(=O)c3cccc(N)c3)cc2)CC1.Cl.Cl.Cl. The zero-order valence-electron chi connectivity index (χ0n) is 16.0. The molecule has 1 aliphatic rings. The highest BCUT2D eigenvalue weighted by atomic mass is 35.5. The van der Waals surface area contributed by atoms with Gasteiger partial charge in [-0.25, -0.2) is 0 Å². The van der Waals surface area contributed by atoms with E-state index < -0.39 is 0 Å². The Morgan fingerprint density at radius 1 is 0.964 bits per heavy atom. The van der Waals surface area contributed by atoms with E-state index in [1.165, 1.54) is 5.56 Å². The van der Waals surface area contributed by atoms with Gasteiger partial charge in [-0.1, -0.05) is 25.1 Å². The van der Waals surface area contributed by atoms with E-state index in [0.717, 1.165) is 45.0 Å². The van der Waals surface area contributed by atoms with E-state index in [0.29, 0.717) is 11.3 Å². The third-order valence-corrected chi connectivity index (χ3v) is 4.68. The first-order valence-corrected chi connectivity index (χ1v) is 8.84. The molecule has 0 saturated carbocycles. The number of halogens is 3. The number of rotatable bonds is 5. The van der Waals surface area contributed by atoms with Crippen molar-refractivity contribution in [2.75, 3.05) is 43.8 Å². The van der Waals surface area contributed by atoms with Crippen molar-refractivity contribution in [2.45, 2.75) is 13.5 Å². The number of hydrogen-bond donors (Lipinski definition) is 2. The van der Waals surface area contributed by atoms with E-state index in [-0.39, 0.29) is 43.1 Å². The Kier molecular flexibility index (Phi) is 12.2. The smallest absolute Gasteiger partial charge is 0.255 e. The molecule has 3 rings (SSSR count). The zero-order chi connectivity index (χ0) is 17.6. The number of nitrogens with two attached hydrogens (primary N) is 1. The number of benzene rings is 2. The summed E-state index contributed by atoms with van der Waals surface area (Å²) in [4.78, 5) is 17.2. The molecule has 1 aliphatic heterocycles. The minimum atomic E-state index is -0.143. The molecule has 156 valence electrons. The van der Waals surface area contributed by atoms with Gasteiger partial charge in [0.25, 0.3) is 5.91 Å². The minimum absolute atomic E-state index is 0. The predicted molar refractivity (Wildman–Crippen MR) is 124 cm³/mol. The number of carbonyl (C=O) groups excluding carboxylic acids is 1. The molecule has 1 fully saturated rings. The third-order valence-electron chi connectivity index (χ3n) is 4.68. The maximum atomic E-state index is 12.2. The van der Waals surface area contributed by atoms with Crippen LogP contribution < -0.4 is 11.1 Å². The second-order valence-corrected chi connectivity index (χ2v) is 6.49. The topological polar surface area (TPSA) is 61.6 Å². The highest BCUT2D eigenvalue weighted by molar-refractivity contribution is 6.04. The summed E-state index contributed by atoms with van der Waals surface area (Å²) in [5, 5.41) is 2.91. The number of anilines is 2.